The Kier molecular flexibility index (Phi) is 4.31. The van der Waals surface area contributed by atoms with Crippen molar-refractivity contribution in [1.29, 1.82) is 5.26 Å². The summed E-state index contributed by atoms with van der Waals surface area (Å²) in [7, 11) is 0. The highest BCUT2D eigenvalue weighted by atomic mass is 16.3. The van der Waals surface area contributed by atoms with E-state index >= 15 is 0 Å². The van der Waals surface area contributed by atoms with E-state index in [1.807, 2.05) is 6.08 Å². The van der Waals surface area contributed by atoms with Crippen molar-refractivity contribution >= 4 is 5.78 Å². The zero-order valence-electron chi connectivity index (χ0n) is 15.6. The van der Waals surface area contributed by atoms with Gasteiger partial charge in [0.05, 0.1) is 6.07 Å². The van der Waals surface area contributed by atoms with Gasteiger partial charge in [0, 0.05) is 25.4 Å². The predicted molar refractivity (Wildman–Crippen MR) is 96.3 cm³/mol. The van der Waals surface area contributed by atoms with Gasteiger partial charge in [-0.25, -0.2) is 0 Å². The molecule has 0 heterocycles. The molecule has 0 bridgehead atoms. The highest BCUT2D eigenvalue weighted by Gasteiger charge is 2.58. The zero-order valence-corrected chi connectivity index (χ0v) is 15.6. The normalized spacial score (nSPS) is 48.8. The minimum Gasteiger partial charge on any atom is -0.396 e. The Morgan fingerprint density at radius 3 is 2.68 bits per heavy atom. The molecule has 136 valence electrons. The standard InChI is InChI=1S/C22H31NO2/c1-13-9-18(13)21-20-10-14(12-24)19-11-15(25)3-4-16(19)17(20)5-6-22(21,2)7-8-23/h11,13-14,16-18,20-21,24H,3-7,9-10,12H2,1-2H3. The average Bonchev–Trinajstić information content (AvgIpc) is 3.29. The molecule has 0 aromatic rings. The van der Waals surface area contributed by atoms with Crippen LogP contribution in [0.5, 0.6) is 0 Å². The monoisotopic (exact) mass is 341 g/mol. The van der Waals surface area contributed by atoms with Gasteiger partial charge in [0.15, 0.2) is 5.78 Å². The number of ketones is 1. The van der Waals surface area contributed by atoms with Crippen molar-refractivity contribution in [3.05, 3.63) is 11.6 Å². The quantitative estimate of drug-likeness (QED) is 0.840. The summed E-state index contributed by atoms with van der Waals surface area (Å²) in [6.45, 7) is 4.88. The van der Waals surface area contributed by atoms with Crippen molar-refractivity contribution in [2.75, 3.05) is 6.61 Å². The van der Waals surface area contributed by atoms with Crippen molar-refractivity contribution < 1.29 is 9.90 Å². The fourth-order valence-electron chi connectivity index (χ4n) is 6.91. The smallest absolute Gasteiger partial charge is 0.155 e. The average molecular weight is 341 g/mol. The molecule has 0 aliphatic heterocycles. The Labute approximate surface area is 151 Å². The SMILES string of the molecule is CC1CC1C1C2CC(CO)C3=CC(=O)CCC3C2CCC1(C)CC#N. The number of aliphatic hydroxyl groups excluding tert-OH is 1. The molecule has 8 unspecified atom stereocenters. The molecule has 0 spiro atoms. The van der Waals surface area contributed by atoms with E-state index in [-0.39, 0.29) is 23.7 Å². The van der Waals surface area contributed by atoms with Gasteiger partial charge in [0.1, 0.15) is 0 Å². The molecule has 0 saturated heterocycles. The van der Waals surface area contributed by atoms with E-state index in [1.165, 1.54) is 18.4 Å². The van der Waals surface area contributed by atoms with Gasteiger partial charge in [-0.1, -0.05) is 19.4 Å². The molecule has 3 heteroatoms. The van der Waals surface area contributed by atoms with Crippen LogP contribution in [0.3, 0.4) is 0 Å². The second-order valence-electron chi connectivity index (χ2n) is 9.63. The third-order valence-corrected chi connectivity index (χ3v) is 8.20. The first kappa shape index (κ1) is 17.3. The second kappa shape index (κ2) is 6.23. The Hall–Kier alpha value is -1.14. The first-order valence-electron chi connectivity index (χ1n) is 10.2. The summed E-state index contributed by atoms with van der Waals surface area (Å²) in [6.07, 6.45) is 8.87. The molecule has 0 aromatic carbocycles. The maximum absolute atomic E-state index is 12.0. The lowest BCUT2D eigenvalue weighted by atomic mass is 9.48. The van der Waals surface area contributed by atoms with E-state index in [0.717, 1.165) is 31.1 Å². The number of hydrogen-bond donors (Lipinski definition) is 1. The van der Waals surface area contributed by atoms with E-state index < -0.39 is 0 Å². The molecule has 8 atom stereocenters. The highest BCUT2D eigenvalue weighted by Crippen LogP contribution is 2.65. The maximum atomic E-state index is 12.0. The number of hydrogen-bond acceptors (Lipinski definition) is 3. The Morgan fingerprint density at radius 1 is 1.28 bits per heavy atom. The van der Waals surface area contributed by atoms with Gasteiger partial charge in [0.25, 0.3) is 0 Å². The lowest BCUT2D eigenvalue weighted by Crippen LogP contribution is -2.50. The predicted octanol–water partition coefficient (Wildman–Crippen LogP) is 4.12. The van der Waals surface area contributed by atoms with Crippen LogP contribution in [0.25, 0.3) is 0 Å². The van der Waals surface area contributed by atoms with E-state index in [4.69, 9.17) is 0 Å². The maximum Gasteiger partial charge on any atom is 0.155 e. The van der Waals surface area contributed by atoms with Crippen LogP contribution in [0.4, 0.5) is 0 Å². The molecular formula is C22H31NO2. The van der Waals surface area contributed by atoms with Crippen LogP contribution in [0, 0.1) is 58.2 Å². The minimum atomic E-state index is 0.136. The Morgan fingerprint density at radius 2 is 2.04 bits per heavy atom. The van der Waals surface area contributed by atoms with E-state index in [1.54, 1.807) is 0 Å². The van der Waals surface area contributed by atoms with Crippen molar-refractivity contribution in [3.63, 3.8) is 0 Å². The van der Waals surface area contributed by atoms with Gasteiger partial charge >= 0.3 is 0 Å². The minimum absolute atomic E-state index is 0.136. The number of nitrogens with zero attached hydrogens (tertiary/aromatic N) is 1. The topological polar surface area (TPSA) is 61.1 Å². The van der Waals surface area contributed by atoms with Crippen LogP contribution >= 0.6 is 0 Å². The molecule has 4 aliphatic carbocycles. The molecule has 1 N–H and O–H groups in total. The third kappa shape index (κ3) is 2.78. The van der Waals surface area contributed by atoms with Crippen LogP contribution in [0.1, 0.15) is 58.8 Å². The lowest BCUT2D eigenvalue weighted by molar-refractivity contribution is -0.116. The van der Waals surface area contributed by atoms with Gasteiger partial charge < -0.3 is 5.11 Å². The van der Waals surface area contributed by atoms with Crippen LogP contribution < -0.4 is 0 Å². The van der Waals surface area contributed by atoms with Crippen molar-refractivity contribution in [2.24, 2.45) is 46.8 Å². The summed E-state index contributed by atoms with van der Waals surface area (Å²) in [5.41, 5.74) is 1.39. The molecular weight excluding hydrogens is 310 g/mol. The van der Waals surface area contributed by atoms with Gasteiger partial charge in [-0.15, -0.1) is 0 Å². The summed E-state index contributed by atoms with van der Waals surface area (Å²) in [4.78, 5) is 12.0. The zero-order chi connectivity index (χ0) is 17.8. The van der Waals surface area contributed by atoms with Crippen LogP contribution in [0.2, 0.25) is 0 Å². The summed E-state index contributed by atoms with van der Waals surface area (Å²) in [5.74, 6) is 4.37. The summed E-state index contributed by atoms with van der Waals surface area (Å²) < 4.78 is 0. The van der Waals surface area contributed by atoms with E-state index in [0.29, 0.717) is 36.5 Å². The molecule has 3 fully saturated rings. The van der Waals surface area contributed by atoms with Gasteiger partial charge in [-0.3, -0.25) is 4.79 Å². The molecule has 0 aromatic heterocycles. The number of aliphatic hydroxyl groups is 1. The number of allylic oxidation sites excluding steroid dienone is 1. The Balaban J connectivity index is 1.69. The lowest BCUT2D eigenvalue weighted by Gasteiger charge is -2.56. The highest BCUT2D eigenvalue weighted by molar-refractivity contribution is 5.91. The van der Waals surface area contributed by atoms with Crippen molar-refractivity contribution in [2.45, 2.75) is 58.8 Å². The molecule has 3 saturated carbocycles. The number of carbonyl (C=O) groups excluding carboxylic acids is 1. The first-order valence-corrected chi connectivity index (χ1v) is 10.2. The van der Waals surface area contributed by atoms with Gasteiger partial charge in [-0.05, 0) is 79.1 Å². The van der Waals surface area contributed by atoms with Crippen LogP contribution in [-0.2, 0) is 4.79 Å². The van der Waals surface area contributed by atoms with Gasteiger partial charge in [-0.2, -0.15) is 5.26 Å². The van der Waals surface area contributed by atoms with Crippen molar-refractivity contribution in [3.8, 4) is 6.07 Å². The van der Waals surface area contributed by atoms with Crippen LogP contribution in [-0.4, -0.2) is 17.5 Å². The van der Waals surface area contributed by atoms with E-state index in [9.17, 15) is 15.2 Å². The number of carbonyl (C=O) groups is 1. The molecule has 4 aliphatic rings. The molecule has 0 amide bonds. The second-order valence-corrected chi connectivity index (χ2v) is 9.63. The number of nitriles is 1. The third-order valence-electron chi connectivity index (χ3n) is 8.20. The summed E-state index contributed by atoms with van der Waals surface area (Å²) in [5, 5.41) is 19.5. The molecule has 4 rings (SSSR count). The molecule has 3 nitrogen and oxygen atoms in total. The fraction of sp³-hybridized carbons (Fsp3) is 0.818. The first-order chi connectivity index (χ1) is 12.0. The Bertz CT molecular complexity index is 632. The summed E-state index contributed by atoms with van der Waals surface area (Å²) in [6, 6.07) is 2.48. The van der Waals surface area contributed by atoms with E-state index in [2.05, 4.69) is 19.9 Å². The largest absolute Gasteiger partial charge is 0.396 e. The van der Waals surface area contributed by atoms with Crippen LogP contribution in [0.15, 0.2) is 11.6 Å². The molecule has 25 heavy (non-hydrogen) atoms. The van der Waals surface area contributed by atoms with Crippen molar-refractivity contribution in [1.82, 2.24) is 0 Å². The number of rotatable bonds is 3. The van der Waals surface area contributed by atoms with Gasteiger partial charge in [0.2, 0.25) is 0 Å². The molecule has 0 radical (unpaired) electrons. The fourth-order valence-corrected chi connectivity index (χ4v) is 6.91. The number of fused-ring (bicyclic) bond motifs is 3. The summed E-state index contributed by atoms with van der Waals surface area (Å²) >= 11 is 0.